The van der Waals surface area contributed by atoms with Gasteiger partial charge in [-0.25, -0.2) is 0 Å². The molecule has 6 nitrogen and oxygen atoms in total. The van der Waals surface area contributed by atoms with Crippen LogP contribution in [0.15, 0.2) is 33.2 Å². The van der Waals surface area contributed by atoms with Crippen LogP contribution in [-0.2, 0) is 0 Å². The van der Waals surface area contributed by atoms with Crippen molar-refractivity contribution < 1.29 is 31.6 Å². The van der Waals surface area contributed by atoms with Gasteiger partial charge < -0.3 is 19.0 Å². The van der Waals surface area contributed by atoms with E-state index in [0.717, 1.165) is 0 Å². The number of nitrogens with zero attached hydrogens (tertiary/aromatic N) is 1. The Kier molecular flexibility index (Phi) is 4.15. The Morgan fingerprint density at radius 3 is 2.72 bits per heavy atom. The third kappa shape index (κ3) is 3.59. The van der Waals surface area contributed by atoms with Gasteiger partial charge in [-0.2, -0.15) is 13.2 Å². The lowest BCUT2D eigenvalue weighted by Gasteiger charge is -2.10. The van der Waals surface area contributed by atoms with E-state index in [9.17, 15) is 18.0 Å². The summed E-state index contributed by atoms with van der Waals surface area (Å²) in [6.07, 6.45) is -4.51. The molecule has 0 aliphatic heterocycles. The minimum atomic E-state index is -4.51. The zero-order valence-corrected chi connectivity index (χ0v) is 13.2. The van der Waals surface area contributed by atoms with Crippen molar-refractivity contribution in [3.8, 4) is 5.75 Å². The molecule has 0 bridgehead atoms. The second-order valence-corrected chi connectivity index (χ2v) is 5.35. The Morgan fingerprint density at radius 2 is 2.08 bits per heavy atom. The highest BCUT2D eigenvalue weighted by molar-refractivity contribution is 6.12. The predicted molar refractivity (Wildman–Crippen MR) is 81.7 cm³/mol. The second kappa shape index (κ2) is 6.15. The van der Waals surface area contributed by atoms with E-state index in [0.29, 0.717) is 17.2 Å². The Morgan fingerprint density at radius 1 is 1.32 bits per heavy atom. The van der Waals surface area contributed by atoms with E-state index >= 15 is 0 Å². The molecular weight excluding hydrogens is 341 g/mol. The molecule has 0 unspecified atom stereocenters. The summed E-state index contributed by atoms with van der Waals surface area (Å²) < 4.78 is 52.3. The Hall–Kier alpha value is -2.97. The number of hydrogen-bond donors (Lipinski definition) is 1. The average Bonchev–Trinajstić information content (AvgIpc) is 3.08. The van der Waals surface area contributed by atoms with Crippen LogP contribution < -0.4 is 10.1 Å². The van der Waals surface area contributed by atoms with Gasteiger partial charge in [-0.3, -0.25) is 4.79 Å². The molecule has 25 heavy (non-hydrogen) atoms. The number of furan rings is 1. The van der Waals surface area contributed by atoms with Gasteiger partial charge in [-0.05, 0) is 26.0 Å². The number of ether oxygens (including phenoxy) is 1. The van der Waals surface area contributed by atoms with Crippen LogP contribution in [0.25, 0.3) is 11.0 Å². The monoisotopic (exact) mass is 354 g/mol. The maximum absolute atomic E-state index is 12.5. The Bertz CT molecular complexity index is 927. The molecular formula is C16H13F3N2O4. The average molecular weight is 354 g/mol. The molecule has 1 N–H and O–H groups in total. The first kappa shape index (κ1) is 16.9. The fourth-order valence-electron chi connectivity index (χ4n) is 2.33. The molecule has 0 aliphatic carbocycles. The zero-order valence-electron chi connectivity index (χ0n) is 13.2. The number of anilines is 1. The number of carbonyl (C=O) groups excluding carboxylic acids is 1. The van der Waals surface area contributed by atoms with Crippen molar-refractivity contribution in [1.29, 1.82) is 0 Å². The molecule has 2 aromatic heterocycles. The van der Waals surface area contributed by atoms with Gasteiger partial charge in [-0.15, -0.1) is 0 Å². The van der Waals surface area contributed by atoms with Gasteiger partial charge in [-0.1, -0.05) is 11.2 Å². The number of aromatic nitrogens is 1. The summed E-state index contributed by atoms with van der Waals surface area (Å²) >= 11 is 0. The van der Waals surface area contributed by atoms with E-state index in [1.807, 2.05) is 0 Å². The smallest absolute Gasteiger partial charge is 0.422 e. The summed E-state index contributed by atoms with van der Waals surface area (Å²) in [5.74, 6) is 0.311. The molecule has 3 aromatic rings. The highest BCUT2D eigenvalue weighted by Crippen LogP contribution is 2.31. The number of carbonyl (C=O) groups is 1. The molecule has 9 heteroatoms. The van der Waals surface area contributed by atoms with Crippen molar-refractivity contribution >= 4 is 22.6 Å². The Balaban J connectivity index is 1.93. The van der Waals surface area contributed by atoms with Crippen LogP contribution in [0.4, 0.5) is 18.9 Å². The third-order valence-corrected chi connectivity index (χ3v) is 3.36. The number of benzene rings is 1. The largest absolute Gasteiger partial charge is 0.483 e. The predicted octanol–water partition coefficient (Wildman–Crippen LogP) is 4.23. The van der Waals surface area contributed by atoms with Crippen molar-refractivity contribution in [3.63, 3.8) is 0 Å². The molecule has 0 spiro atoms. The zero-order chi connectivity index (χ0) is 18.2. The maximum Gasteiger partial charge on any atom is 0.422 e. The molecule has 0 fully saturated rings. The van der Waals surface area contributed by atoms with Crippen LogP contribution >= 0.6 is 0 Å². The van der Waals surface area contributed by atoms with Crippen LogP contribution in [-0.4, -0.2) is 23.8 Å². The number of amides is 1. The summed E-state index contributed by atoms with van der Waals surface area (Å²) in [5, 5.41) is 6.32. The number of halogens is 3. The normalized spacial score (nSPS) is 11.7. The van der Waals surface area contributed by atoms with Gasteiger partial charge in [0, 0.05) is 6.07 Å². The molecule has 3 rings (SSSR count). The van der Waals surface area contributed by atoms with Crippen molar-refractivity contribution in [2.45, 2.75) is 20.0 Å². The highest BCUT2D eigenvalue weighted by Gasteiger charge is 2.30. The van der Waals surface area contributed by atoms with Gasteiger partial charge >= 0.3 is 6.18 Å². The molecule has 0 saturated heterocycles. The fourth-order valence-corrected chi connectivity index (χ4v) is 2.33. The molecule has 0 radical (unpaired) electrons. The topological polar surface area (TPSA) is 77.5 Å². The number of nitrogens with one attached hydrogen (secondary N) is 1. The number of rotatable bonds is 4. The Labute approximate surface area is 139 Å². The van der Waals surface area contributed by atoms with E-state index in [1.54, 1.807) is 19.9 Å². The van der Waals surface area contributed by atoms with Crippen molar-refractivity contribution in [2.75, 3.05) is 11.9 Å². The van der Waals surface area contributed by atoms with Crippen molar-refractivity contribution in [3.05, 3.63) is 41.5 Å². The molecule has 1 amide bonds. The lowest BCUT2D eigenvalue weighted by molar-refractivity contribution is -0.153. The maximum atomic E-state index is 12.5. The molecule has 0 atom stereocenters. The molecule has 1 aromatic carbocycles. The van der Waals surface area contributed by atoms with Gasteiger partial charge in [0.2, 0.25) is 0 Å². The van der Waals surface area contributed by atoms with Gasteiger partial charge in [0.15, 0.2) is 17.9 Å². The van der Waals surface area contributed by atoms with E-state index in [4.69, 9.17) is 13.7 Å². The molecule has 2 heterocycles. The van der Waals surface area contributed by atoms with Gasteiger partial charge in [0.1, 0.15) is 17.3 Å². The molecule has 0 aliphatic rings. The van der Waals surface area contributed by atoms with Crippen LogP contribution in [0.2, 0.25) is 0 Å². The van der Waals surface area contributed by atoms with Gasteiger partial charge in [0.25, 0.3) is 5.91 Å². The van der Waals surface area contributed by atoms with E-state index in [1.165, 1.54) is 18.2 Å². The first-order valence-electron chi connectivity index (χ1n) is 7.21. The lowest BCUT2D eigenvalue weighted by Crippen LogP contribution is -2.19. The van der Waals surface area contributed by atoms with Crippen LogP contribution in [0.5, 0.6) is 5.75 Å². The number of aryl methyl sites for hydroxylation is 2. The van der Waals surface area contributed by atoms with E-state index in [2.05, 4.69) is 10.5 Å². The first-order chi connectivity index (χ1) is 11.7. The van der Waals surface area contributed by atoms with Crippen LogP contribution in [0.3, 0.4) is 0 Å². The first-order valence-corrected chi connectivity index (χ1v) is 7.21. The number of fused-ring (bicyclic) bond motifs is 1. The SMILES string of the molecule is Cc1cc(NC(=O)c2noc3cccc(OCC(F)(F)F)c23)c(C)o1. The third-order valence-electron chi connectivity index (χ3n) is 3.36. The fraction of sp³-hybridized carbons (Fsp3) is 0.250. The summed E-state index contributed by atoms with van der Waals surface area (Å²) in [7, 11) is 0. The van der Waals surface area contributed by atoms with Crippen molar-refractivity contribution in [1.82, 2.24) is 5.16 Å². The quantitative estimate of drug-likeness (QED) is 0.759. The molecule has 132 valence electrons. The minimum absolute atomic E-state index is 0.0714. The van der Waals surface area contributed by atoms with Crippen LogP contribution in [0.1, 0.15) is 22.0 Å². The highest BCUT2D eigenvalue weighted by atomic mass is 19.4. The lowest BCUT2D eigenvalue weighted by atomic mass is 10.2. The van der Waals surface area contributed by atoms with Gasteiger partial charge in [0.05, 0.1) is 11.1 Å². The van der Waals surface area contributed by atoms with Crippen LogP contribution in [0, 0.1) is 13.8 Å². The van der Waals surface area contributed by atoms with E-state index < -0.39 is 18.7 Å². The standard InChI is InChI=1S/C16H13F3N2O4/c1-8-6-10(9(2)24-8)20-15(22)14-13-11(23-7-16(17,18)19)4-3-5-12(13)25-21-14/h3-6H,7H2,1-2H3,(H,20,22). The summed E-state index contributed by atoms with van der Waals surface area (Å²) in [6.45, 7) is 1.90. The second-order valence-electron chi connectivity index (χ2n) is 5.35. The summed E-state index contributed by atoms with van der Waals surface area (Å²) in [4.78, 5) is 12.5. The minimum Gasteiger partial charge on any atom is -0.483 e. The van der Waals surface area contributed by atoms with E-state index in [-0.39, 0.29) is 22.4 Å². The van der Waals surface area contributed by atoms with Crippen molar-refractivity contribution in [2.24, 2.45) is 0 Å². The number of hydrogen-bond acceptors (Lipinski definition) is 5. The molecule has 0 saturated carbocycles. The summed E-state index contributed by atoms with van der Waals surface area (Å²) in [5.41, 5.74) is 0.406. The number of alkyl halides is 3. The summed E-state index contributed by atoms with van der Waals surface area (Å²) in [6, 6.07) is 5.86.